The molecule has 0 bridgehead atoms. The summed E-state index contributed by atoms with van der Waals surface area (Å²) < 4.78 is 3.42. The molecule has 1 fully saturated rings. The van der Waals surface area contributed by atoms with Crippen LogP contribution in [-0.2, 0) is 11.3 Å². The summed E-state index contributed by atoms with van der Waals surface area (Å²) in [5.74, 6) is 0.800. The number of nitrogens with zero attached hydrogens (tertiary/aromatic N) is 5. The number of thioether (sulfide) groups is 1. The van der Waals surface area contributed by atoms with Gasteiger partial charge in [0.2, 0.25) is 11.7 Å². The molecule has 4 aromatic rings. The molecule has 1 saturated heterocycles. The van der Waals surface area contributed by atoms with E-state index in [0.29, 0.717) is 22.9 Å². The second kappa shape index (κ2) is 8.86. The molecular weight excluding hydrogens is 434 g/mol. The lowest BCUT2D eigenvalue weighted by molar-refractivity contribution is -0.129. The van der Waals surface area contributed by atoms with E-state index < -0.39 is 0 Å². The highest BCUT2D eigenvalue weighted by Crippen LogP contribution is 2.33. The summed E-state index contributed by atoms with van der Waals surface area (Å²) >= 11 is 1.36. The summed E-state index contributed by atoms with van der Waals surface area (Å²) in [5, 5.41) is 9.78. The van der Waals surface area contributed by atoms with Crippen LogP contribution in [0.3, 0.4) is 0 Å². The second-order valence-electron chi connectivity index (χ2n) is 8.28. The van der Waals surface area contributed by atoms with Gasteiger partial charge in [-0.15, -0.1) is 16.8 Å². The maximum Gasteiger partial charge on any atom is 0.263 e. The SMILES string of the molecule is C=CCn1c(=O)c2ccccc2n2c(SCC(=O)N3CCCC3c3ccc(C)cc3)nnc12. The Kier molecular flexibility index (Phi) is 5.76. The number of hydrogen-bond donors (Lipinski definition) is 0. The van der Waals surface area contributed by atoms with Crippen molar-refractivity contribution in [2.75, 3.05) is 12.3 Å². The number of aromatic nitrogens is 4. The van der Waals surface area contributed by atoms with Crippen LogP contribution < -0.4 is 5.56 Å². The molecule has 8 heteroatoms. The van der Waals surface area contributed by atoms with E-state index >= 15 is 0 Å². The fourth-order valence-corrected chi connectivity index (χ4v) is 5.36. The van der Waals surface area contributed by atoms with Crippen LogP contribution in [0.5, 0.6) is 0 Å². The van der Waals surface area contributed by atoms with E-state index in [1.54, 1.807) is 16.7 Å². The second-order valence-corrected chi connectivity index (χ2v) is 9.23. The number of carbonyl (C=O) groups excluding carboxylic acids is 1. The molecule has 0 aliphatic carbocycles. The number of rotatable bonds is 6. The number of para-hydroxylation sites is 1. The number of carbonyl (C=O) groups is 1. The Hall–Kier alpha value is -3.39. The Bertz CT molecular complexity index is 1410. The fraction of sp³-hybridized carbons (Fsp3) is 0.280. The zero-order valence-electron chi connectivity index (χ0n) is 18.5. The van der Waals surface area contributed by atoms with Gasteiger partial charge in [-0.05, 0) is 37.5 Å². The number of likely N-dealkylation sites (tertiary alicyclic amines) is 1. The highest BCUT2D eigenvalue weighted by atomic mass is 32.2. The van der Waals surface area contributed by atoms with Crippen LogP contribution in [-0.4, -0.2) is 42.3 Å². The molecule has 1 aliphatic heterocycles. The Morgan fingerprint density at radius 1 is 1.18 bits per heavy atom. The van der Waals surface area contributed by atoms with Gasteiger partial charge in [-0.3, -0.25) is 18.6 Å². The van der Waals surface area contributed by atoms with Gasteiger partial charge in [0, 0.05) is 13.1 Å². The summed E-state index contributed by atoms with van der Waals surface area (Å²) in [7, 11) is 0. The summed E-state index contributed by atoms with van der Waals surface area (Å²) in [5.41, 5.74) is 3.00. The molecule has 168 valence electrons. The molecule has 33 heavy (non-hydrogen) atoms. The van der Waals surface area contributed by atoms with Gasteiger partial charge in [0.05, 0.1) is 22.7 Å². The van der Waals surface area contributed by atoms with Crippen LogP contribution >= 0.6 is 11.8 Å². The molecule has 1 amide bonds. The van der Waals surface area contributed by atoms with Crippen LogP contribution in [0.4, 0.5) is 0 Å². The zero-order chi connectivity index (χ0) is 22.9. The van der Waals surface area contributed by atoms with E-state index in [2.05, 4.69) is 48.0 Å². The molecule has 0 radical (unpaired) electrons. The van der Waals surface area contributed by atoms with Crippen molar-refractivity contribution in [1.82, 2.24) is 24.1 Å². The number of aryl methyl sites for hydroxylation is 1. The molecule has 7 nitrogen and oxygen atoms in total. The first kappa shape index (κ1) is 21.5. The molecule has 1 atom stereocenters. The van der Waals surface area contributed by atoms with Crippen molar-refractivity contribution in [3.63, 3.8) is 0 Å². The van der Waals surface area contributed by atoms with E-state index in [1.165, 1.54) is 22.9 Å². The lowest BCUT2D eigenvalue weighted by Gasteiger charge is -2.25. The first-order valence-corrected chi connectivity index (χ1v) is 12.0. The van der Waals surface area contributed by atoms with Crippen molar-refractivity contribution in [1.29, 1.82) is 0 Å². The maximum absolute atomic E-state index is 13.2. The molecule has 3 heterocycles. The Morgan fingerprint density at radius 2 is 1.97 bits per heavy atom. The topological polar surface area (TPSA) is 72.5 Å². The predicted octanol–water partition coefficient (Wildman–Crippen LogP) is 3.99. The smallest absolute Gasteiger partial charge is 0.263 e. The van der Waals surface area contributed by atoms with E-state index in [9.17, 15) is 9.59 Å². The first-order valence-electron chi connectivity index (χ1n) is 11.0. The van der Waals surface area contributed by atoms with Crippen LogP contribution in [0.2, 0.25) is 0 Å². The van der Waals surface area contributed by atoms with Crippen LogP contribution in [0.15, 0.2) is 71.1 Å². The van der Waals surface area contributed by atoms with Gasteiger partial charge in [0.25, 0.3) is 5.56 Å². The van der Waals surface area contributed by atoms with Crippen molar-refractivity contribution in [2.24, 2.45) is 0 Å². The van der Waals surface area contributed by atoms with Gasteiger partial charge in [-0.1, -0.05) is 59.8 Å². The van der Waals surface area contributed by atoms with Crippen molar-refractivity contribution in [2.45, 2.75) is 37.5 Å². The van der Waals surface area contributed by atoms with Gasteiger partial charge < -0.3 is 4.90 Å². The van der Waals surface area contributed by atoms with Gasteiger partial charge in [-0.25, -0.2) is 0 Å². The lowest BCUT2D eigenvalue weighted by Crippen LogP contribution is -2.32. The number of hydrogen-bond acceptors (Lipinski definition) is 5. The minimum absolute atomic E-state index is 0.0866. The number of fused-ring (bicyclic) bond motifs is 3. The van der Waals surface area contributed by atoms with Gasteiger partial charge in [0.15, 0.2) is 5.16 Å². The summed E-state index contributed by atoms with van der Waals surface area (Å²) in [4.78, 5) is 28.1. The highest BCUT2D eigenvalue weighted by Gasteiger charge is 2.30. The Labute approximate surface area is 195 Å². The normalized spacial score (nSPS) is 16.0. The fourth-order valence-electron chi connectivity index (χ4n) is 4.53. The van der Waals surface area contributed by atoms with Crippen molar-refractivity contribution >= 4 is 34.3 Å². The van der Waals surface area contributed by atoms with Crippen molar-refractivity contribution in [3.8, 4) is 0 Å². The molecule has 1 unspecified atom stereocenters. The summed E-state index contributed by atoms with van der Waals surface area (Å²) in [6, 6.07) is 16.0. The molecule has 2 aromatic carbocycles. The van der Waals surface area contributed by atoms with E-state index in [-0.39, 0.29) is 23.3 Å². The third kappa shape index (κ3) is 3.84. The van der Waals surface area contributed by atoms with E-state index in [1.807, 2.05) is 27.5 Å². The summed E-state index contributed by atoms with van der Waals surface area (Å²) in [6.45, 7) is 6.93. The first-order chi connectivity index (χ1) is 16.1. The molecule has 2 aromatic heterocycles. The third-order valence-corrected chi connectivity index (χ3v) is 7.06. The van der Waals surface area contributed by atoms with Gasteiger partial charge in [0.1, 0.15) is 0 Å². The molecule has 0 saturated carbocycles. The number of allylic oxidation sites excluding steroid dienone is 1. The standard InChI is InChI=1S/C25H25N5O2S/c1-3-14-29-23(32)19-7-4-5-8-21(19)30-24(29)26-27-25(30)33-16-22(31)28-15-6-9-20(28)18-12-10-17(2)11-13-18/h3-5,7-8,10-13,20H,1,6,9,14-16H2,2H3. The average Bonchev–Trinajstić information content (AvgIpc) is 3.48. The average molecular weight is 460 g/mol. The van der Waals surface area contributed by atoms with Crippen LogP contribution in [0, 0.1) is 6.92 Å². The predicted molar refractivity (Wildman–Crippen MR) is 131 cm³/mol. The van der Waals surface area contributed by atoms with E-state index in [0.717, 1.165) is 24.9 Å². The Morgan fingerprint density at radius 3 is 2.76 bits per heavy atom. The minimum Gasteiger partial charge on any atom is -0.335 e. The Balaban J connectivity index is 1.44. The lowest BCUT2D eigenvalue weighted by atomic mass is 10.0. The van der Waals surface area contributed by atoms with Crippen molar-refractivity contribution < 1.29 is 4.79 Å². The number of amides is 1. The number of benzene rings is 2. The van der Waals surface area contributed by atoms with Gasteiger partial charge in [-0.2, -0.15) is 0 Å². The van der Waals surface area contributed by atoms with Crippen LogP contribution in [0.25, 0.3) is 16.7 Å². The largest absolute Gasteiger partial charge is 0.335 e. The molecule has 5 rings (SSSR count). The molecular formula is C25H25N5O2S. The van der Waals surface area contributed by atoms with Gasteiger partial charge >= 0.3 is 0 Å². The zero-order valence-corrected chi connectivity index (χ0v) is 19.3. The quantitative estimate of drug-likeness (QED) is 0.322. The van der Waals surface area contributed by atoms with Crippen LogP contribution in [0.1, 0.15) is 30.0 Å². The molecule has 1 aliphatic rings. The van der Waals surface area contributed by atoms with Crippen molar-refractivity contribution in [3.05, 3.63) is 82.7 Å². The molecule has 0 spiro atoms. The van der Waals surface area contributed by atoms with E-state index in [4.69, 9.17) is 0 Å². The maximum atomic E-state index is 13.2. The molecule has 0 N–H and O–H groups in total. The monoisotopic (exact) mass is 459 g/mol. The minimum atomic E-state index is -0.129. The summed E-state index contributed by atoms with van der Waals surface area (Å²) in [6.07, 6.45) is 3.65. The highest BCUT2D eigenvalue weighted by molar-refractivity contribution is 7.99. The third-order valence-electron chi connectivity index (χ3n) is 6.15.